The van der Waals surface area contributed by atoms with E-state index >= 15 is 0 Å². The Morgan fingerprint density at radius 2 is 0.470 bits per heavy atom. The van der Waals surface area contributed by atoms with E-state index in [4.69, 9.17) is 14.2 Å². The Kier molecular flexibility index (Phi) is 69.6. The average molecular weight is 1160 g/mol. The number of rotatable bonds is 69. The van der Waals surface area contributed by atoms with E-state index in [0.29, 0.717) is 19.3 Å². The van der Waals surface area contributed by atoms with E-state index in [1.165, 1.54) is 283 Å². The highest BCUT2D eigenvalue weighted by atomic mass is 16.6. The first-order chi connectivity index (χ1) is 41.0. The van der Waals surface area contributed by atoms with Crippen LogP contribution in [-0.4, -0.2) is 37.2 Å². The van der Waals surface area contributed by atoms with Crippen molar-refractivity contribution in [1.82, 2.24) is 0 Å². The van der Waals surface area contributed by atoms with E-state index in [0.717, 1.165) is 83.5 Å². The maximum Gasteiger partial charge on any atom is 0.306 e. The van der Waals surface area contributed by atoms with Crippen LogP contribution in [0.3, 0.4) is 0 Å². The molecule has 486 valence electrons. The van der Waals surface area contributed by atoms with Crippen molar-refractivity contribution >= 4 is 17.9 Å². The summed E-state index contributed by atoms with van der Waals surface area (Å²) in [5.74, 6) is -0.840. The van der Waals surface area contributed by atoms with E-state index in [2.05, 4.69) is 69.4 Å². The van der Waals surface area contributed by atoms with Gasteiger partial charge in [-0.25, -0.2) is 0 Å². The van der Waals surface area contributed by atoms with Gasteiger partial charge in [0.05, 0.1) is 0 Å². The molecule has 0 radical (unpaired) electrons. The molecular formula is C77H142O6. The van der Waals surface area contributed by atoms with Crippen molar-refractivity contribution in [2.45, 2.75) is 412 Å². The molecule has 0 bridgehead atoms. The lowest BCUT2D eigenvalue weighted by molar-refractivity contribution is -0.167. The molecule has 0 aromatic rings. The monoisotopic (exact) mass is 1160 g/mol. The molecule has 6 nitrogen and oxygen atoms in total. The predicted molar refractivity (Wildman–Crippen MR) is 362 cm³/mol. The molecular weight excluding hydrogens is 1020 g/mol. The summed E-state index contributed by atoms with van der Waals surface area (Å²) in [7, 11) is 0. The standard InChI is InChI=1S/C77H142O6/c1-4-7-10-13-16-19-22-25-28-31-33-35-37-38-40-41-43-46-49-52-55-58-61-64-67-70-76(79)82-73-74(72-81-75(78)69-66-63-60-57-54-51-48-45-30-27-24-21-18-15-12-9-6-3)83-77(80)71-68-65-62-59-56-53-50-47-44-42-39-36-34-32-29-26-23-20-17-14-11-8-5-2/h8,11,17,20,26,29,34,36,74H,4-7,9-10,12-16,18-19,21-25,27-28,30-33,35,37-73H2,1-3H3/b11-8-,20-17-,29-26-,36-34-. The smallest absolute Gasteiger partial charge is 0.306 e. The molecule has 1 atom stereocenters. The van der Waals surface area contributed by atoms with Gasteiger partial charge in [-0.3, -0.25) is 14.4 Å². The first-order valence-corrected chi connectivity index (χ1v) is 37.1. The second-order valence-electron chi connectivity index (χ2n) is 25.2. The number of hydrogen-bond acceptors (Lipinski definition) is 6. The molecule has 0 amide bonds. The highest BCUT2D eigenvalue weighted by Crippen LogP contribution is 2.19. The van der Waals surface area contributed by atoms with Gasteiger partial charge >= 0.3 is 17.9 Å². The fourth-order valence-corrected chi connectivity index (χ4v) is 11.3. The third kappa shape index (κ3) is 70.0. The normalized spacial score (nSPS) is 12.3. The largest absolute Gasteiger partial charge is 0.462 e. The summed E-state index contributed by atoms with van der Waals surface area (Å²) in [6.07, 6.45) is 91.5. The minimum absolute atomic E-state index is 0.0686. The summed E-state index contributed by atoms with van der Waals surface area (Å²) >= 11 is 0. The van der Waals surface area contributed by atoms with E-state index in [1.807, 2.05) is 0 Å². The minimum Gasteiger partial charge on any atom is -0.462 e. The van der Waals surface area contributed by atoms with Gasteiger partial charge in [0, 0.05) is 19.3 Å². The molecule has 0 rings (SSSR count). The molecule has 0 aliphatic heterocycles. The molecule has 0 aromatic carbocycles. The predicted octanol–water partition coefficient (Wildman–Crippen LogP) is 25.7. The van der Waals surface area contributed by atoms with Crippen molar-refractivity contribution in [3.63, 3.8) is 0 Å². The van der Waals surface area contributed by atoms with Crippen molar-refractivity contribution in [3.05, 3.63) is 48.6 Å². The van der Waals surface area contributed by atoms with Crippen LogP contribution < -0.4 is 0 Å². The van der Waals surface area contributed by atoms with Crippen LogP contribution >= 0.6 is 0 Å². The van der Waals surface area contributed by atoms with Crippen LogP contribution in [0, 0.1) is 0 Å². The Bertz CT molecular complexity index is 1430. The maximum atomic E-state index is 13.0. The molecule has 0 aliphatic rings. The summed E-state index contributed by atoms with van der Waals surface area (Å²) in [5, 5.41) is 0. The zero-order valence-electron chi connectivity index (χ0n) is 56.0. The summed E-state index contributed by atoms with van der Waals surface area (Å²) in [4.78, 5) is 38.5. The number of unbranched alkanes of at least 4 members (excludes halogenated alkanes) is 50. The summed E-state index contributed by atoms with van der Waals surface area (Å²) < 4.78 is 17.0. The lowest BCUT2D eigenvalue weighted by Crippen LogP contribution is -2.30. The Morgan fingerprint density at radius 1 is 0.253 bits per heavy atom. The maximum absolute atomic E-state index is 13.0. The summed E-state index contributed by atoms with van der Waals surface area (Å²) in [6.45, 7) is 6.61. The Labute approximate surface area is 518 Å². The van der Waals surface area contributed by atoms with Crippen LogP contribution in [0.4, 0.5) is 0 Å². The number of carbonyl (C=O) groups is 3. The number of carbonyl (C=O) groups excluding carboxylic acids is 3. The van der Waals surface area contributed by atoms with Gasteiger partial charge in [0.1, 0.15) is 13.2 Å². The van der Waals surface area contributed by atoms with Gasteiger partial charge in [-0.05, 0) is 57.8 Å². The quantitative estimate of drug-likeness (QED) is 0.0261. The zero-order valence-corrected chi connectivity index (χ0v) is 56.0. The minimum atomic E-state index is -0.774. The Hall–Kier alpha value is -2.63. The van der Waals surface area contributed by atoms with E-state index in [1.54, 1.807) is 0 Å². The average Bonchev–Trinajstić information content (AvgIpc) is 3.49. The van der Waals surface area contributed by atoms with Crippen molar-refractivity contribution in [1.29, 1.82) is 0 Å². The Morgan fingerprint density at radius 3 is 0.735 bits per heavy atom. The number of ether oxygens (including phenoxy) is 3. The molecule has 0 N–H and O–H groups in total. The number of esters is 3. The molecule has 0 heterocycles. The first kappa shape index (κ1) is 80.4. The van der Waals surface area contributed by atoms with Gasteiger partial charge in [-0.1, -0.05) is 378 Å². The van der Waals surface area contributed by atoms with Crippen molar-refractivity contribution in [2.24, 2.45) is 0 Å². The fraction of sp³-hybridized carbons (Fsp3) is 0.857. The molecule has 6 heteroatoms. The zero-order chi connectivity index (χ0) is 59.9. The van der Waals surface area contributed by atoms with E-state index < -0.39 is 6.10 Å². The van der Waals surface area contributed by atoms with Crippen LogP contribution in [0.15, 0.2) is 48.6 Å². The van der Waals surface area contributed by atoms with Gasteiger partial charge in [-0.15, -0.1) is 0 Å². The second kappa shape index (κ2) is 71.8. The van der Waals surface area contributed by atoms with Crippen LogP contribution in [0.5, 0.6) is 0 Å². The SMILES string of the molecule is CC/C=C\C/C=C\C/C=C\C/C=C\CCCCCCCCCCCCC(=O)OC(COC(=O)CCCCCCCCCCCCCCCCCCC)COC(=O)CCCCCCCCCCCCCCCCCCCCCCCCCCC. The molecule has 1 unspecified atom stereocenters. The molecule has 0 saturated carbocycles. The van der Waals surface area contributed by atoms with Crippen molar-refractivity contribution in [2.75, 3.05) is 13.2 Å². The number of hydrogen-bond donors (Lipinski definition) is 0. The van der Waals surface area contributed by atoms with Crippen LogP contribution in [0.1, 0.15) is 406 Å². The highest BCUT2D eigenvalue weighted by Gasteiger charge is 2.20. The van der Waals surface area contributed by atoms with Gasteiger partial charge in [0.2, 0.25) is 0 Å². The third-order valence-corrected chi connectivity index (χ3v) is 16.8. The molecule has 0 spiro atoms. The third-order valence-electron chi connectivity index (χ3n) is 16.8. The molecule has 83 heavy (non-hydrogen) atoms. The van der Waals surface area contributed by atoms with Gasteiger partial charge in [-0.2, -0.15) is 0 Å². The van der Waals surface area contributed by atoms with E-state index in [9.17, 15) is 14.4 Å². The molecule has 0 fully saturated rings. The topological polar surface area (TPSA) is 78.9 Å². The van der Waals surface area contributed by atoms with Gasteiger partial charge in [0.15, 0.2) is 6.10 Å². The molecule has 0 aromatic heterocycles. The highest BCUT2D eigenvalue weighted by molar-refractivity contribution is 5.71. The van der Waals surface area contributed by atoms with Gasteiger partial charge in [0.25, 0.3) is 0 Å². The first-order valence-electron chi connectivity index (χ1n) is 37.1. The molecule has 0 saturated heterocycles. The van der Waals surface area contributed by atoms with E-state index in [-0.39, 0.29) is 31.1 Å². The Balaban J connectivity index is 4.28. The van der Waals surface area contributed by atoms with Crippen molar-refractivity contribution < 1.29 is 28.6 Å². The summed E-state index contributed by atoms with van der Waals surface area (Å²) in [6, 6.07) is 0. The van der Waals surface area contributed by atoms with Crippen LogP contribution in [0.2, 0.25) is 0 Å². The fourth-order valence-electron chi connectivity index (χ4n) is 11.3. The van der Waals surface area contributed by atoms with Crippen LogP contribution in [0.25, 0.3) is 0 Å². The second-order valence-corrected chi connectivity index (χ2v) is 25.2. The number of allylic oxidation sites excluding steroid dienone is 8. The lowest BCUT2D eigenvalue weighted by atomic mass is 10.0. The van der Waals surface area contributed by atoms with Crippen molar-refractivity contribution in [3.8, 4) is 0 Å². The van der Waals surface area contributed by atoms with Crippen LogP contribution in [-0.2, 0) is 28.6 Å². The summed E-state index contributed by atoms with van der Waals surface area (Å²) in [5.41, 5.74) is 0. The van der Waals surface area contributed by atoms with Gasteiger partial charge < -0.3 is 14.2 Å². The molecule has 0 aliphatic carbocycles. The lowest BCUT2D eigenvalue weighted by Gasteiger charge is -2.18.